The zero-order valence-corrected chi connectivity index (χ0v) is 29.3. The van der Waals surface area contributed by atoms with E-state index in [9.17, 15) is 34.5 Å². The van der Waals surface area contributed by atoms with Gasteiger partial charge in [-0.05, 0) is 86.6 Å². The first-order chi connectivity index (χ1) is 24.7. The van der Waals surface area contributed by atoms with E-state index >= 15 is 0 Å². The fourth-order valence-electron chi connectivity index (χ4n) is 4.50. The fourth-order valence-corrected chi connectivity index (χ4v) is 4.50. The average Bonchev–Trinajstić information content (AvgIpc) is 3.56. The zero-order valence-electron chi connectivity index (χ0n) is 28.1. The summed E-state index contributed by atoms with van der Waals surface area (Å²) < 4.78 is 0. The minimum Gasteiger partial charge on any atom is -0.545 e. The Balaban J connectivity index is 0.000000331. The van der Waals surface area contributed by atoms with Gasteiger partial charge in [-0.15, -0.1) is 0 Å². The van der Waals surface area contributed by atoms with E-state index in [-0.39, 0.29) is 62.3 Å². The molecular weight excluding hydrogens is 731 g/mol. The number of hydrogen-bond donors (Lipinski definition) is 5. The van der Waals surface area contributed by atoms with E-state index in [0.29, 0.717) is 6.04 Å². The zero-order chi connectivity index (χ0) is 38.6. The van der Waals surface area contributed by atoms with Gasteiger partial charge in [0.2, 0.25) is 0 Å². The van der Waals surface area contributed by atoms with Crippen molar-refractivity contribution in [2.45, 2.75) is 18.9 Å². The summed E-state index contributed by atoms with van der Waals surface area (Å²) in [6, 6.07) is 27.5. The van der Waals surface area contributed by atoms with Crippen molar-refractivity contribution in [3.8, 4) is 23.0 Å². The van der Waals surface area contributed by atoms with Crippen LogP contribution in [0, 0.1) is 0 Å². The molecule has 2 heterocycles. The predicted molar refractivity (Wildman–Crippen MR) is 181 cm³/mol. The number of phenols is 4. The molecule has 1 atom stereocenters. The van der Waals surface area contributed by atoms with Crippen LogP contribution in [0.15, 0.2) is 122 Å². The van der Waals surface area contributed by atoms with Gasteiger partial charge in [0.15, 0.2) is 0 Å². The van der Waals surface area contributed by atoms with Crippen LogP contribution < -0.4 is 15.3 Å². The van der Waals surface area contributed by atoms with Crippen molar-refractivity contribution in [3.63, 3.8) is 0 Å². The number of benzene rings is 4. The van der Waals surface area contributed by atoms with E-state index < -0.39 is 23.9 Å². The molecule has 1 aromatic heterocycles. The van der Waals surface area contributed by atoms with Crippen molar-refractivity contribution in [3.05, 3.63) is 149 Å². The molecule has 1 aliphatic rings. The molecular formula is C38H35MnN2O12-. The molecule has 0 saturated carbocycles. The van der Waals surface area contributed by atoms with Crippen LogP contribution in [0.4, 0.5) is 0 Å². The quantitative estimate of drug-likeness (QED) is 0.161. The molecule has 1 unspecified atom stereocenters. The Morgan fingerprint density at radius 2 is 0.962 bits per heavy atom. The van der Waals surface area contributed by atoms with Crippen molar-refractivity contribution in [2.24, 2.45) is 0 Å². The molecule has 0 bridgehead atoms. The van der Waals surface area contributed by atoms with Crippen LogP contribution in [0.25, 0.3) is 0 Å². The molecule has 6 rings (SSSR count). The SMILES string of the molecule is CN1CCCC1c1cccnc1.O=C(O)c1ccccc1O.O=C([O-])c1ccccc1O.O=C([O-])c1ccccc1O.O=C([O-])c1ccccc1O.[Mn+2]. The second-order valence-electron chi connectivity index (χ2n) is 10.7. The Hall–Kier alpha value is -6.41. The minimum absolute atomic E-state index is 0. The number of aromatic carboxylic acids is 4. The number of rotatable bonds is 5. The molecule has 14 nitrogen and oxygen atoms in total. The number of para-hydroxylation sites is 4. The Morgan fingerprint density at radius 3 is 1.19 bits per heavy atom. The standard InChI is InChI=1S/C10H14N2.4C7H6O3.Mn/c1-12-7-3-5-10(12)9-4-2-6-11-8-9;4*8-6-4-2-1-3-5(6)7(9)10;/h2,4,6,8,10H,3,5,7H2,1H3;4*1-4,8H,(H,9,10);/q;;;;;+2/p-3. The van der Waals surface area contributed by atoms with E-state index in [1.165, 1.54) is 91.7 Å². The molecule has 0 spiro atoms. The Morgan fingerprint density at radius 1 is 0.604 bits per heavy atom. The van der Waals surface area contributed by atoms with Gasteiger partial charge < -0.3 is 55.2 Å². The van der Waals surface area contributed by atoms with Gasteiger partial charge in [0, 0.05) is 35.1 Å². The number of aromatic hydroxyl groups is 4. The summed E-state index contributed by atoms with van der Waals surface area (Å²) in [7, 11) is 2.19. The van der Waals surface area contributed by atoms with Crippen LogP contribution in [0.1, 0.15) is 65.9 Å². The smallest absolute Gasteiger partial charge is 0.545 e. The Kier molecular flexibility index (Phi) is 19.5. The molecule has 15 heteroatoms. The third-order valence-corrected chi connectivity index (χ3v) is 7.10. The molecule has 53 heavy (non-hydrogen) atoms. The summed E-state index contributed by atoms with van der Waals surface area (Å²) >= 11 is 0. The maximum Gasteiger partial charge on any atom is 2.00 e. The third kappa shape index (κ3) is 15.2. The van der Waals surface area contributed by atoms with Crippen LogP contribution in [0.5, 0.6) is 23.0 Å². The molecule has 5 N–H and O–H groups in total. The average molecular weight is 767 g/mol. The third-order valence-electron chi connectivity index (χ3n) is 7.10. The number of aromatic nitrogens is 1. The van der Waals surface area contributed by atoms with Gasteiger partial charge in [0.05, 0.1) is 17.9 Å². The van der Waals surface area contributed by atoms with Crippen LogP contribution in [-0.4, -0.2) is 72.9 Å². The number of pyridine rings is 1. The minimum atomic E-state index is -1.36. The van der Waals surface area contributed by atoms with Crippen molar-refractivity contribution in [1.29, 1.82) is 0 Å². The predicted octanol–water partition coefficient (Wildman–Crippen LogP) is 2.20. The normalized spacial score (nSPS) is 12.5. The topological polar surface area (TPSA) is 255 Å². The van der Waals surface area contributed by atoms with Crippen LogP contribution in [-0.2, 0) is 17.1 Å². The number of carbonyl (C=O) groups excluding carboxylic acids is 3. The first-order valence-electron chi connectivity index (χ1n) is 15.3. The number of carbonyl (C=O) groups is 4. The monoisotopic (exact) mass is 766 g/mol. The van der Waals surface area contributed by atoms with Gasteiger partial charge in [-0.25, -0.2) is 4.79 Å². The Bertz CT molecular complexity index is 1700. The summed E-state index contributed by atoms with van der Waals surface area (Å²) in [4.78, 5) is 47.3. The van der Waals surface area contributed by atoms with E-state index in [0.717, 1.165) is 0 Å². The first kappa shape index (κ1) is 44.6. The number of nitrogens with zero attached hydrogens (tertiary/aromatic N) is 2. The van der Waals surface area contributed by atoms with Gasteiger partial charge in [-0.1, -0.05) is 54.6 Å². The summed E-state index contributed by atoms with van der Waals surface area (Å²) in [6.07, 6.45) is 6.41. The largest absolute Gasteiger partial charge is 2.00 e. The van der Waals surface area contributed by atoms with Crippen LogP contribution in [0.2, 0.25) is 0 Å². The summed E-state index contributed by atoms with van der Waals surface area (Å²) in [5, 5.41) is 74.3. The van der Waals surface area contributed by atoms with Crippen molar-refractivity contribution in [1.82, 2.24) is 9.88 Å². The van der Waals surface area contributed by atoms with Crippen LogP contribution >= 0.6 is 0 Å². The van der Waals surface area contributed by atoms with E-state index in [1.54, 1.807) is 30.3 Å². The van der Waals surface area contributed by atoms with Crippen molar-refractivity contribution >= 4 is 23.9 Å². The molecule has 0 aliphatic carbocycles. The van der Waals surface area contributed by atoms with Gasteiger partial charge in [0.25, 0.3) is 0 Å². The van der Waals surface area contributed by atoms with E-state index in [1.807, 2.05) is 18.5 Å². The Labute approximate surface area is 315 Å². The molecule has 277 valence electrons. The molecule has 5 aromatic rings. The molecule has 0 amide bonds. The molecule has 1 radical (unpaired) electrons. The number of likely N-dealkylation sites (tertiary alicyclic amines) is 1. The first-order valence-corrected chi connectivity index (χ1v) is 15.3. The molecule has 4 aromatic carbocycles. The van der Waals surface area contributed by atoms with Gasteiger partial charge in [-0.2, -0.15) is 0 Å². The number of hydrogen-bond acceptors (Lipinski definition) is 13. The summed E-state index contributed by atoms with van der Waals surface area (Å²) in [5.41, 5.74) is 0.757. The number of carboxylic acids is 4. The fraction of sp³-hybridized carbons (Fsp3) is 0.132. The second-order valence-corrected chi connectivity index (χ2v) is 10.7. The van der Waals surface area contributed by atoms with Crippen molar-refractivity contribution in [2.75, 3.05) is 13.6 Å². The van der Waals surface area contributed by atoms with Crippen LogP contribution in [0.3, 0.4) is 0 Å². The second kappa shape index (κ2) is 23.1. The van der Waals surface area contributed by atoms with E-state index in [4.69, 9.17) is 25.5 Å². The maximum absolute atomic E-state index is 10.3. The molecule has 1 fully saturated rings. The molecule has 1 saturated heterocycles. The maximum atomic E-state index is 10.3. The molecule has 1 aliphatic heterocycles. The van der Waals surface area contributed by atoms with Gasteiger partial charge in [-0.3, -0.25) is 9.88 Å². The van der Waals surface area contributed by atoms with Crippen molar-refractivity contribution < 1.29 is 77.1 Å². The van der Waals surface area contributed by atoms with Gasteiger partial charge in [0.1, 0.15) is 28.6 Å². The number of carboxylic acid groups (broad SMARTS) is 4. The van der Waals surface area contributed by atoms with E-state index in [2.05, 4.69) is 23.0 Å². The van der Waals surface area contributed by atoms with Gasteiger partial charge >= 0.3 is 23.0 Å². The summed E-state index contributed by atoms with van der Waals surface area (Å²) in [6.45, 7) is 1.22. The summed E-state index contributed by atoms with van der Waals surface area (Å²) in [5.74, 6) is -6.19.